The highest BCUT2D eigenvalue weighted by Gasteiger charge is 2.16. The Balaban J connectivity index is 2.22. The molecule has 2 heterocycles. The molecule has 3 rings (SSSR count). The third kappa shape index (κ3) is 1.65. The van der Waals surface area contributed by atoms with Crippen LogP contribution in [0.25, 0.3) is 17.0 Å². The van der Waals surface area contributed by atoms with E-state index in [0.717, 1.165) is 5.69 Å². The predicted molar refractivity (Wildman–Crippen MR) is 65.9 cm³/mol. The molecule has 0 bridgehead atoms. The van der Waals surface area contributed by atoms with Gasteiger partial charge in [-0.1, -0.05) is 29.8 Å². The number of benzene rings is 1. The van der Waals surface area contributed by atoms with Crippen molar-refractivity contribution in [2.24, 2.45) is 0 Å². The van der Waals surface area contributed by atoms with E-state index in [1.54, 1.807) is 12.3 Å². The number of furan rings is 1. The van der Waals surface area contributed by atoms with Crippen LogP contribution in [0.15, 0.2) is 58.0 Å². The van der Waals surface area contributed by atoms with Crippen LogP contribution in [0.2, 0.25) is 5.02 Å². The summed E-state index contributed by atoms with van der Waals surface area (Å²) in [7, 11) is 0. The summed E-state index contributed by atoms with van der Waals surface area (Å²) in [6, 6.07) is 11.5. The summed E-state index contributed by atoms with van der Waals surface area (Å²) in [5, 5.41) is 0.139. The van der Waals surface area contributed by atoms with E-state index in [0.29, 0.717) is 11.3 Å². The van der Waals surface area contributed by atoms with Crippen LogP contribution in [0.5, 0.6) is 0 Å². The standard InChI is InChI=1S/C13H8ClNO2/c14-12-10-6-7-15(8-11(10)17-13(12)16)9-4-2-1-3-5-9/h1-8H. The maximum absolute atomic E-state index is 11.3. The van der Waals surface area contributed by atoms with E-state index < -0.39 is 5.63 Å². The molecule has 0 unspecified atom stereocenters. The molecule has 2 aliphatic rings. The second-order valence-corrected chi connectivity index (χ2v) is 4.05. The number of fused-ring (bicyclic) bond motifs is 1. The Labute approximate surface area is 102 Å². The first kappa shape index (κ1) is 10.2. The van der Waals surface area contributed by atoms with Gasteiger partial charge in [0.2, 0.25) is 0 Å². The van der Waals surface area contributed by atoms with Crippen molar-refractivity contribution >= 4 is 11.6 Å². The zero-order chi connectivity index (χ0) is 11.8. The van der Waals surface area contributed by atoms with Crippen LogP contribution in [0, 0.1) is 0 Å². The summed E-state index contributed by atoms with van der Waals surface area (Å²) >= 11 is 5.82. The molecule has 0 saturated carbocycles. The molecule has 0 aliphatic carbocycles. The molecule has 3 nitrogen and oxygen atoms in total. The molecular weight excluding hydrogens is 238 g/mol. The van der Waals surface area contributed by atoms with E-state index in [1.807, 2.05) is 41.1 Å². The summed E-state index contributed by atoms with van der Waals surface area (Å²) in [4.78, 5) is 11.3. The Morgan fingerprint density at radius 3 is 2.65 bits per heavy atom. The third-order valence-electron chi connectivity index (χ3n) is 2.60. The monoisotopic (exact) mass is 245 g/mol. The molecule has 2 aliphatic heterocycles. The van der Waals surface area contributed by atoms with Gasteiger partial charge in [0.05, 0.1) is 6.20 Å². The van der Waals surface area contributed by atoms with Crippen molar-refractivity contribution < 1.29 is 4.42 Å². The maximum Gasteiger partial charge on any atom is 0.355 e. The number of aromatic nitrogens is 1. The van der Waals surface area contributed by atoms with Crippen LogP contribution < -0.4 is 5.63 Å². The molecule has 1 aromatic rings. The molecule has 0 spiro atoms. The number of para-hydroxylation sites is 1. The van der Waals surface area contributed by atoms with Crippen LogP contribution >= 0.6 is 11.6 Å². The lowest BCUT2D eigenvalue weighted by atomic mass is 10.2. The quantitative estimate of drug-likeness (QED) is 0.660. The van der Waals surface area contributed by atoms with Crippen molar-refractivity contribution in [3.05, 3.63) is 64.2 Å². The average molecular weight is 246 g/mol. The van der Waals surface area contributed by atoms with Gasteiger partial charge in [-0.2, -0.15) is 0 Å². The Morgan fingerprint density at radius 2 is 1.88 bits per heavy atom. The minimum Gasteiger partial charge on any atom is -0.420 e. The van der Waals surface area contributed by atoms with Gasteiger partial charge in [0, 0.05) is 17.4 Å². The first-order chi connectivity index (χ1) is 8.25. The van der Waals surface area contributed by atoms with Gasteiger partial charge in [-0.15, -0.1) is 0 Å². The van der Waals surface area contributed by atoms with Gasteiger partial charge in [-0.05, 0) is 18.2 Å². The number of halogens is 1. The zero-order valence-corrected chi connectivity index (χ0v) is 9.52. The number of pyridine rings is 1. The second kappa shape index (κ2) is 3.79. The first-order valence-electron chi connectivity index (χ1n) is 5.11. The molecule has 17 heavy (non-hydrogen) atoms. The Bertz CT molecular complexity index is 684. The van der Waals surface area contributed by atoms with Crippen molar-refractivity contribution in [3.63, 3.8) is 0 Å². The summed E-state index contributed by atoms with van der Waals surface area (Å²) in [5.74, 6) is 0.492. The summed E-state index contributed by atoms with van der Waals surface area (Å²) in [5.41, 5.74) is 1.14. The van der Waals surface area contributed by atoms with Crippen molar-refractivity contribution in [1.82, 2.24) is 4.57 Å². The van der Waals surface area contributed by atoms with Crippen LogP contribution in [-0.2, 0) is 0 Å². The zero-order valence-electron chi connectivity index (χ0n) is 8.76. The smallest absolute Gasteiger partial charge is 0.355 e. The van der Waals surface area contributed by atoms with Crippen molar-refractivity contribution in [1.29, 1.82) is 0 Å². The molecule has 0 saturated heterocycles. The topological polar surface area (TPSA) is 35.1 Å². The van der Waals surface area contributed by atoms with Gasteiger partial charge in [-0.25, -0.2) is 4.79 Å². The van der Waals surface area contributed by atoms with Crippen molar-refractivity contribution in [2.75, 3.05) is 0 Å². The molecule has 0 radical (unpaired) electrons. The number of hydrogen-bond donors (Lipinski definition) is 0. The van der Waals surface area contributed by atoms with Gasteiger partial charge >= 0.3 is 5.63 Å². The first-order valence-corrected chi connectivity index (χ1v) is 5.49. The average Bonchev–Trinajstić information content (AvgIpc) is 2.66. The predicted octanol–water partition coefficient (Wildman–Crippen LogP) is 3.19. The number of nitrogens with zero attached hydrogens (tertiary/aromatic N) is 1. The minimum atomic E-state index is -0.493. The minimum absolute atomic E-state index is 0.139. The van der Waals surface area contributed by atoms with E-state index >= 15 is 0 Å². The maximum atomic E-state index is 11.3. The normalized spacial score (nSPS) is 10.9. The largest absolute Gasteiger partial charge is 0.420 e. The lowest BCUT2D eigenvalue weighted by Gasteiger charge is -2.07. The molecule has 4 heteroatoms. The molecule has 0 fully saturated rings. The highest BCUT2D eigenvalue weighted by molar-refractivity contribution is 6.33. The fourth-order valence-electron chi connectivity index (χ4n) is 1.75. The van der Waals surface area contributed by atoms with E-state index in [4.69, 9.17) is 16.0 Å². The lowest BCUT2D eigenvalue weighted by Crippen LogP contribution is -1.94. The molecule has 1 aromatic carbocycles. The van der Waals surface area contributed by atoms with E-state index in [9.17, 15) is 4.79 Å². The van der Waals surface area contributed by atoms with Crippen molar-refractivity contribution in [2.45, 2.75) is 0 Å². The van der Waals surface area contributed by atoms with Crippen LogP contribution in [0.3, 0.4) is 0 Å². The summed E-state index contributed by atoms with van der Waals surface area (Å²) in [6.07, 6.45) is 3.59. The number of hydrogen-bond acceptors (Lipinski definition) is 2. The van der Waals surface area contributed by atoms with E-state index in [-0.39, 0.29) is 5.02 Å². The van der Waals surface area contributed by atoms with Gasteiger partial charge in [0.15, 0.2) is 5.76 Å². The van der Waals surface area contributed by atoms with Crippen LogP contribution in [0.1, 0.15) is 0 Å². The molecule has 0 amide bonds. The Hall–Kier alpha value is -2.00. The summed E-state index contributed by atoms with van der Waals surface area (Å²) in [6.45, 7) is 0. The Kier molecular flexibility index (Phi) is 2.27. The van der Waals surface area contributed by atoms with Gasteiger partial charge in [0.25, 0.3) is 0 Å². The van der Waals surface area contributed by atoms with Crippen LogP contribution in [-0.4, -0.2) is 4.57 Å². The summed E-state index contributed by atoms with van der Waals surface area (Å²) < 4.78 is 6.93. The third-order valence-corrected chi connectivity index (χ3v) is 2.95. The molecule has 84 valence electrons. The fourth-order valence-corrected chi connectivity index (χ4v) is 1.95. The van der Waals surface area contributed by atoms with Gasteiger partial charge in [-0.3, -0.25) is 0 Å². The SMILES string of the molecule is O=c1oc2cn(-c3ccccc3)ccc-2c1Cl. The van der Waals surface area contributed by atoms with Gasteiger partial charge in [0.1, 0.15) is 5.02 Å². The van der Waals surface area contributed by atoms with E-state index in [2.05, 4.69) is 0 Å². The van der Waals surface area contributed by atoms with Crippen LogP contribution in [0.4, 0.5) is 0 Å². The molecule has 0 N–H and O–H groups in total. The highest BCUT2D eigenvalue weighted by atomic mass is 35.5. The Morgan fingerprint density at radius 1 is 1.12 bits per heavy atom. The fraction of sp³-hybridized carbons (Fsp3) is 0. The second-order valence-electron chi connectivity index (χ2n) is 3.67. The van der Waals surface area contributed by atoms with Gasteiger partial charge < -0.3 is 8.98 Å². The molecule has 0 atom stereocenters. The lowest BCUT2D eigenvalue weighted by molar-refractivity contribution is 0.541. The molecule has 0 aromatic heterocycles. The molecular formula is C13H8ClNO2. The van der Waals surface area contributed by atoms with E-state index in [1.165, 1.54) is 0 Å². The highest BCUT2D eigenvalue weighted by Crippen LogP contribution is 2.28. The number of rotatable bonds is 1. The van der Waals surface area contributed by atoms with Crippen molar-refractivity contribution in [3.8, 4) is 17.0 Å².